The molecule has 0 fully saturated rings. The maximum atomic E-state index is 13.5. The molecule has 90 valence electrons. The summed E-state index contributed by atoms with van der Waals surface area (Å²) in [6.07, 6.45) is 0.448. The van der Waals surface area contributed by atoms with Gasteiger partial charge in [-0.2, -0.15) is 0 Å². The molecular formula is C11H9F3N2O. The van der Waals surface area contributed by atoms with Gasteiger partial charge in [-0.3, -0.25) is 0 Å². The van der Waals surface area contributed by atoms with Crippen LogP contribution >= 0.6 is 0 Å². The Morgan fingerprint density at radius 1 is 1.24 bits per heavy atom. The van der Waals surface area contributed by atoms with Crippen LogP contribution in [0.5, 0.6) is 0 Å². The van der Waals surface area contributed by atoms with Crippen LogP contribution in [0, 0.1) is 17.5 Å². The highest BCUT2D eigenvalue weighted by molar-refractivity contribution is 5.66. The van der Waals surface area contributed by atoms with E-state index in [0.717, 1.165) is 12.1 Å². The van der Waals surface area contributed by atoms with Gasteiger partial charge in [0.25, 0.3) is 0 Å². The van der Waals surface area contributed by atoms with Crippen LogP contribution < -0.4 is 5.73 Å². The second kappa shape index (κ2) is 4.12. The van der Waals surface area contributed by atoms with Crippen molar-refractivity contribution in [3.63, 3.8) is 0 Å². The van der Waals surface area contributed by atoms with Crippen LogP contribution in [0.2, 0.25) is 0 Å². The van der Waals surface area contributed by atoms with Gasteiger partial charge < -0.3 is 10.3 Å². The number of hydrogen-bond acceptors (Lipinski definition) is 3. The summed E-state index contributed by atoms with van der Waals surface area (Å²) < 4.78 is 44.2. The first-order valence-electron chi connectivity index (χ1n) is 4.94. The minimum Gasteiger partial charge on any atom is -0.381 e. The van der Waals surface area contributed by atoms with Gasteiger partial charge in [0.2, 0.25) is 0 Å². The Hall–Kier alpha value is -1.98. The summed E-state index contributed by atoms with van der Waals surface area (Å²) in [5, 5.41) is 3.48. The summed E-state index contributed by atoms with van der Waals surface area (Å²) in [5.41, 5.74) is 5.79. The first kappa shape index (κ1) is 11.5. The van der Waals surface area contributed by atoms with Crippen LogP contribution in [-0.2, 0) is 6.42 Å². The number of anilines is 1. The van der Waals surface area contributed by atoms with Gasteiger partial charge in [-0.25, -0.2) is 13.2 Å². The van der Waals surface area contributed by atoms with Crippen molar-refractivity contribution in [2.75, 3.05) is 5.73 Å². The Labute approximate surface area is 95.0 Å². The molecule has 1 aromatic carbocycles. The molecule has 2 aromatic rings. The quantitative estimate of drug-likeness (QED) is 0.824. The maximum absolute atomic E-state index is 13.5. The van der Waals surface area contributed by atoms with Crippen molar-refractivity contribution in [3.05, 3.63) is 35.1 Å². The molecule has 2 N–H and O–H groups in total. The minimum absolute atomic E-state index is 0.0291. The van der Waals surface area contributed by atoms with E-state index in [2.05, 4.69) is 5.16 Å². The molecule has 0 amide bonds. The number of halogens is 3. The van der Waals surface area contributed by atoms with E-state index >= 15 is 0 Å². The molecule has 0 aliphatic rings. The van der Waals surface area contributed by atoms with Crippen LogP contribution in [0.25, 0.3) is 11.3 Å². The molecule has 17 heavy (non-hydrogen) atoms. The number of benzene rings is 1. The van der Waals surface area contributed by atoms with Crippen molar-refractivity contribution in [3.8, 4) is 11.3 Å². The SMILES string of the molecule is CCc1c(N)noc1-c1ccc(F)c(F)c1F. The summed E-state index contributed by atoms with van der Waals surface area (Å²) in [7, 11) is 0. The Balaban J connectivity index is 2.65. The summed E-state index contributed by atoms with van der Waals surface area (Å²) in [4.78, 5) is 0. The lowest BCUT2D eigenvalue weighted by molar-refractivity contribution is 0.422. The van der Waals surface area contributed by atoms with E-state index < -0.39 is 17.5 Å². The monoisotopic (exact) mass is 242 g/mol. The lowest BCUT2D eigenvalue weighted by Crippen LogP contribution is -1.96. The normalized spacial score (nSPS) is 10.8. The van der Waals surface area contributed by atoms with E-state index in [-0.39, 0.29) is 17.1 Å². The van der Waals surface area contributed by atoms with Gasteiger partial charge in [-0.05, 0) is 18.6 Å². The zero-order valence-electron chi connectivity index (χ0n) is 8.93. The van der Waals surface area contributed by atoms with Gasteiger partial charge in [0.15, 0.2) is 29.0 Å². The Kier molecular flexibility index (Phi) is 2.79. The number of aromatic nitrogens is 1. The molecule has 0 aliphatic heterocycles. The molecule has 6 heteroatoms. The first-order chi connectivity index (χ1) is 8.06. The van der Waals surface area contributed by atoms with Gasteiger partial charge >= 0.3 is 0 Å². The van der Waals surface area contributed by atoms with Crippen LogP contribution in [0.4, 0.5) is 19.0 Å². The predicted octanol–water partition coefficient (Wildman–Crippen LogP) is 2.90. The van der Waals surface area contributed by atoms with Gasteiger partial charge in [-0.15, -0.1) is 0 Å². The third-order valence-electron chi connectivity index (χ3n) is 2.45. The van der Waals surface area contributed by atoms with Crippen molar-refractivity contribution in [2.45, 2.75) is 13.3 Å². The van der Waals surface area contributed by atoms with E-state index in [4.69, 9.17) is 10.3 Å². The number of hydrogen-bond donors (Lipinski definition) is 1. The maximum Gasteiger partial charge on any atom is 0.195 e. The van der Waals surface area contributed by atoms with E-state index in [1.807, 2.05) is 0 Å². The topological polar surface area (TPSA) is 52.0 Å². The molecule has 0 bridgehead atoms. The summed E-state index contributed by atoms with van der Waals surface area (Å²) in [6, 6.07) is 1.92. The number of nitrogen functional groups attached to an aromatic ring is 1. The van der Waals surface area contributed by atoms with E-state index in [1.165, 1.54) is 0 Å². The van der Waals surface area contributed by atoms with Crippen molar-refractivity contribution in [1.29, 1.82) is 0 Å². The molecular weight excluding hydrogens is 233 g/mol. The minimum atomic E-state index is -1.54. The second-order valence-electron chi connectivity index (χ2n) is 3.45. The molecule has 3 nitrogen and oxygen atoms in total. The summed E-state index contributed by atoms with van der Waals surface area (Å²) in [6.45, 7) is 1.77. The Bertz CT molecular complexity index is 566. The Morgan fingerprint density at radius 2 is 1.94 bits per heavy atom. The fraction of sp³-hybridized carbons (Fsp3) is 0.182. The van der Waals surface area contributed by atoms with Gasteiger partial charge in [-0.1, -0.05) is 12.1 Å². The summed E-state index contributed by atoms with van der Waals surface area (Å²) >= 11 is 0. The first-order valence-corrected chi connectivity index (χ1v) is 4.94. The van der Waals surface area contributed by atoms with Crippen molar-refractivity contribution < 1.29 is 17.7 Å². The molecule has 2 rings (SSSR count). The van der Waals surface area contributed by atoms with Crippen molar-refractivity contribution in [2.24, 2.45) is 0 Å². The lowest BCUT2D eigenvalue weighted by atomic mass is 10.1. The highest BCUT2D eigenvalue weighted by Crippen LogP contribution is 2.31. The molecule has 0 saturated carbocycles. The van der Waals surface area contributed by atoms with E-state index in [0.29, 0.717) is 12.0 Å². The number of nitrogens with zero attached hydrogens (tertiary/aromatic N) is 1. The smallest absolute Gasteiger partial charge is 0.195 e. The molecule has 0 unspecified atom stereocenters. The van der Waals surface area contributed by atoms with Gasteiger partial charge in [0.1, 0.15) is 0 Å². The average Bonchev–Trinajstić information content (AvgIpc) is 2.67. The van der Waals surface area contributed by atoms with Crippen LogP contribution in [0.3, 0.4) is 0 Å². The molecule has 0 atom stereocenters. The third kappa shape index (κ3) is 1.75. The lowest BCUT2D eigenvalue weighted by Gasteiger charge is -2.02. The predicted molar refractivity (Wildman–Crippen MR) is 55.6 cm³/mol. The Morgan fingerprint density at radius 3 is 2.59 bits per heavy atom. The zero-order valence-corrected chi connectivity index (χ0v) is 8.93. The fourth-order valence-electron chi connectivity index (χ4n) is 1.58. The standard InChI is InChI=1S/C11H9F3N2O/c1-2-5-10(17-16-11(5)15)6-3-4-7(12)9(14)8(6)13/h3-4H,2H2,1H3,(H2,15,16). The largest absolute Gasteiger partial charge is 0.381 e. The molecule has 0 radical (unpaired) electrons. The third-order valence-corrected chi connectivity index (χ3v) is 2.45. The van der Waals surface area contributed by atoms with E-state index in [9.17, 15) is 13.2 Å². The average molecular weight is 242 g/mol. The molecule has 1 heterocycles. The van der Waals surface area contributed by atoms with Crippen LogP contribution in [0.1, 0.15) is 12.5 Å². The van der Waals surface area contributed by atoms with Gasteiger partial charge in [0, 0.05) is 5.56 Å². The fourth-order valence-corrected chi connectivity index (χ4v) is 1.58. The molecule has 0 spiro atoms. The van der Waals surface area contributed by atoms with Crippen LogP contribution in [-0.4, -0.2) is 5.16 Å². The second-order valence-corrected chi connectivity index (χ2v) is 3.45. The van der Waals surface area contributed by atoms with E-state index in [1.54, 1.807) is 6.92 Å². The number of rotatable bonds is 2. The van der Waals surface area contributed by atoms with Crippen molar-refractivity contribution in [1.82, 2.24) is 5.16 Å². The molecule has 0 saturated heterocycles. The van der Waals surface area contributed by atoms with Crippen LogP contribution in [0.15, 0.2) is 16.7 Å². The van der Waals surface area contributed by atoms with Gasteiger partial charge in [0.05, 0.1) is 5.56 Å². The highest BCUT2D eigenvalue weighted by Gasteiger charge is 2.21. The molecule has 1 aromatic heterocycles. The zero-order chi connectivity index (χ0) is 12.6. The summed E-state index contributed by atoms with van der Waals surface area (Å²) in [5.74, 6) is -3.96. The highest BCUT2D eigenvalue weighted by atomic mass is 19.2. The van der Waals surface area contributed by atoms with Crippen molar-refractivity contribution >= 4 is 5.82 Å². The molecule has 0 aliphatic carbocycles. The number of nitrogens with two attached hydrogens (primary N) is 1.